The lowest BCUT2D eigenvalue weighted by Crippen LogP contribution is -2.37. The first-order valence-electron chi connectivity index (χ1n) is 9.51. The quantitative estimate of drug-likeness (QED) is 0.738. The Labute approximate surface area is 163 Å². The third kappa shape index (κ3) is 3.84. The number of hydrogen-bond acceptors (Lipinski definition) is 3. The number of aliphatic hydroxyl groups is 1. The second-order valence-corrected chi connectivity index (χ2v) is 7.39. The van der Waals surface area contributed by atoms with E-state index in [-0.39, 0.29) is 11.8 Å². The van der Waals surface area contributed by atoms with Gasteiger partial charge in [0.1, 0.15) is 11.5 Å². The van der Waals surface area contributed by atoms with E-state index in [9.17, 15) is 13.9 Å². The fourth-order valence-electron chi connectivity index (χ4n) is 3.80. The Balaban J connectivity index is 1.76. The molecule has 2 heterocycles. The van der Waals surface area contributed by atoms with Crippen LogP contribution in [0, 0.1) is 18.6 Å². The molecule has 1 atom stereocenters. The van der Waals surface area contributed by atoms with Crippen LogP contribution in [0.4, 0.5) is 8.78 Å². The molecular weight excluding hydrogens is 360 g/mol. The third-order valence-corrected chi connectivity index (χ3v) is 5.22. The summed E-state index contributed by atoms with van der Waals surface area (Å²) in [6.45, 7) is 4.15. The van der Waals surface area contributed by atoms with Gasteiger partial charge >= 0.3 is 0 Å². The molecular formula is C22H23F2N3O. The zero-order valence-corrected chi connectivity index (χ0v) is 15.8. The van der Waals surface area contributed by atoms with Crippen LogP contribution in [-0.2, 0) is 6.54 Å². The van der Waals surface area contributed by atoms with Crippen molar-refractivity contribution in [2.75, 3.05) is 13.1 Å². The maximum atomic E-state index is 14.3. The van der Waals surface area contributed by atoms with E-state index in [1.165, 1.54) is 16.8 Å². The summed E-state index contributed by atoms with van der Waals surface area (Å²) >= 11 is 0. The van der Waals surface area contributed by atoms with Crippen LogP contribution in [0.5, 0.6) is 0 Å². The summed E-state index contributed by atoms with van der Waals surface area (Å²) in [6, 6.07) is 11.4. The molecule has 1 aliphatic heterocycles. The number of aliphatic hydroxyl groups excluding tert-OH is 1. The first kappa shape index (κ1) is 18.8. The van der Waals surface area contributed by atoms with E-state index >= 15 is 0 Å². The topological polar surface area (TPSA) is 41.3 Å². The van der Waals surface area contributed by atoms with Gasteiger partial charge in [0.15, 0.2) is 5.82 Å². The molecule has 1 N–H and O–H groups in total. The Morgan fingerprint density at radius 3 is 2.75 bits per heavy atom. The molecule has 4 nitrogen and oxygen atoms in total. The number of nitrogens with zero attached hydrogens (tertiary/aromatic N) is 3. The van der Waals surface area contributed by atoms with Gasteiger partial charge in [-0.3, -0.25) is 4.90 Å². The van der Waals surface area contributed by atoms with Gasteiger partial charge in [-0.2, -0.15) is 5.10 Å². The standard InChI is InChI=1S/C22H23F2N3O/c1-15-5-2-3-7-19(15)22-16(12-26-10-4-6-18(28)14-26)13-27(25-22)21-9-8-17(23)11-20(21)24/h2-3,5,7-9,11,13,18,28H,4,6,10,12,14H2,1H3/t18-/m0/s1. The number of hydrogen-bond donors (Lipinski definition) is 1. The molecule has 1 fully saturated rings. The van der Waals surface area contributed by atoms with Crippen LogP contribution in [0.2, 0.25) is 0 Å². The van der Waals surface area contributed by atoms with E-state index in [1.54, 1.807) is 6.20 Å². The second kappa shape index (κ2) is 7.81. The SMILES string of the molecule is Cc1ccccc1-c1nn(-c2ccc(F)cc2F)cc1CN1CCC[C@H](O)C1. The highest BCUT2D eigenvalue weighted by molar-refractivity contribution is 5.66. The van der Waals surface area contributed by atoms with Crippen LogP contribution in [0.25, 0.3) is 16.9 Å². The Bertz CT molecular complexity index is 986. The average molecular weight is 383 g/mol. The van der Waals surface area contributed by atoms with E-state index in [2.05, 4.69) is 10.00 Å². The third-order valence-electron chi connectivity index (χ3n) is 5.22. The largest absolute Gasteiger partial charge is 0.392 e. The molecule has 2 aromatic carbocycles. The molecule has 0 bridgehead atoms. The molecule has 0 radical (unpaired) electrons. The Morgan fingerprint density at radius 2 is 2.00 bits per heavy atom. The van der Waals surface area contributed by atoms with Gasteiger partial charge in [-0.05, 0) is 44.0 Å². The van der Waals surface area contributed by atoms with Gasteiger partial charge in [0.2, 0.25) is 0 Å². The molecule has 0 aliphatic carbocycles. The lowest BCUT2D eigenvalue weighted by Gasteiger charge is -2.29. The molecule has 0 amide bonds. The molecule has 28 heavy (non-hydrogen) atoms. The van der Waals surface area contributed by atoms with Crippen molar-refractivity contribution in [1.82, 2.24) is 14.7 Å². The highest BCUT2D eigenvalue weighted by Gasteiger charge is 2.22. The summed E-state index contributed by atoms with van der Waals surface area (Å²) in [5.74, 6) is -1.27. The highest BCUT2D eigenvalue weighted by Crippen LogP contribution is 2.29. The van der Waals surface area contributed by atoms with Crippen LogP contribution in [0.1, 0.15) is 24.0 Å². The van der Waals surface area contributed by atoms with Crippen molar-refractivity contribution in [1.29, 1.82) is 0 Å². The van der Waals surface area contributed by atoms with Gasteiger partial charge in [0.25, 0.3) is 0 Å². The number of benzene rings is 2. The molecule has 6 heteroatoms. The van der Waals surface area contributed by atoms with Crippen molar-refractivity contribution in [3.05, 3.63) is 71.4 Å². The first-order valence-corrected chi connectivity index (χ1v) is 9.51. The highest BCUT2D eigenvalue weighted by atomic mass is 19.1. The van der Waals surface area contributed by atoms with Crippen LogP contribution < -0.4 is 0 Å². The van der Waals surface area contributed by atoms with Gasteiger partial charge in [-0.1, -0.05) is 24.3 Å². The fourth-order valence-corrected chi connectivity index (χ4v) is 3.80. The molecule has 4 rings (SSSR count). The van der Waals surface area contributed by atoms with Crippen molar-refractivity contribution < 1.29 is 13.9 Å². The Morgan fingerprint density at radius 1 is 1.18 bits per heavy atom. The van der Waals surface area contributed by atoms with Crippen molar-refractivity contribution in [3.8, 4) is 16.9 Å². The second-order valence-electron chi connectivity index (χ2n) is 7.39. The van der Waals surface area contributed by atoms with Crippen molar-refractivity contribution in [2.24, 2.45) is 0 Å². The number of halogens is 2. The minimum Gasteiger partial charge on any atom is -0.392 e. The predicted molar refractivity (Wildman–Crippen MR) is 104 cm³/mol. The van der Waals surface area contributed by atoms with Crippen molar-refractivity contribution >= 4 is 0 Å². The van der Waals surface area contributed by atoms with E-state index in [1.807, 2.05) is 31.2 Å². The molecule has 1 aromatic heterocycles. The molecule has 0 spiro atoms. The number of β-amino-alcohol motifs (C(OH)–C–C–N with tert-alkyl or cyclic N) is 1. The summed E-state index contributed by atoms with van der Waals surface area (Å²) in [5.41, 5.74) is 4.00. The van der Waals surface area contributed by atoms with Gasteiger partial charge in [0.05, 0.1) is 11.8 Å². The number of aryl methyl sites for hydroxylation is 1. The molecule has 146 valence electrons. The fraction of sp³-hybridized carbons (Fsp3) is 0.318. The predicted octanol–water partition coefficient (Wildman–Crippen LogP) is 4.08. The molecule has 1 aliphatic rings. The number of aromatic nitrogens is 2. The molecule has 1 saturated heterocycles. The maximum absolute atomic E-state index is 14.3. The van der Waals surface area contributed by atoms with Gasteiger partial charge in [0, 0.05) is 36.5 Å². The summed E-state index contributed by atoms with van der Waals surface area (Å²) in [4.78, 5) is 2.19. The minimum atomic E-state index is -0.654. The smallest absolute Gasteiger partial charge is 0.151 e. The monoisotopic (exact) mass is 383 g/mol. The van der Waals surface area contributed by atoms with Crippen LogP contribution in [0.15, 0.2) is 48.7 Å². The zero-order chi connectivity index (χ0) is 19.7. The van der Waals surface area contributed by atoms with Crippen LogP contribution in [0.3, 0.4) is 0 Å². The van der Waals surface area contributed by atoms with Gasteiger partial charge in [-0.25, -0.2) is 13.5 Å². The van der Waals surface area contributed by atoms with Gasteiger partial charge in [-0.15, -0.1) is 0 Å². The van der Waals surface area contributed by atoms with E-state index in [0.29, 0.717) is 13.1 Å². The first-order chi connectivity index (χ1) is 13.5. The maximum Gasteiger partial charge on any atom is 0.151 e. The van der Waals surface area contributed by atoms with E-state index < -0.39 is 11.6 Å². The minimum absolute atomic E-state index is 0.209. The number of likely N-dealkylation sites (tertiary alicyclic amines) is 1. The van der Waals surface area contributed by atoms with E-state index in [4.69, 9.17) is 0 Å². The van der Waals surface area contributed by atoms with E-state index in [0.717, 1.165) is 47.8 Å². The summed E-state index contributed by atoms with van der Waals surface area (Å²) in [7, 11) is 0. The van der Waals surface area contributed by atoms with Crippen LogP contribution in [-0.4, -0.2) is 39.0 Å². The molecule has 0 saturated carbocycles. The zero-order valence-electron chi connectivity index (χ0n) is 15.8. The Hall–Kier alpha value is -2.57. The summed E-state index contributed by atoms with van der Waals surface area (Å²) < 4.78 is 29.1. The molecule has 0 unspecified atom stereocenters. The lowest BCUT2D eigenvalue weighted by atomic mass is 10.0. The summed E-state index contributed by atoms with van der Waals surface area (Å²) in [6.07, 6.45) is 3.25. The Kier molecular flexibility index (Phi) is 5.24. The average Bonchev–Trinajstić information content (AvgIpc) is 3.05. The van der Waals surface area contributed by atoms with Crippen molar-refractivity contribution in [2.45, 2.75) is 32.4 Å². The number of piperidine rings is 1. The summed E-state index contributed by atoms with van der Waals surface area (Å²) in [5, 5.41) is 14.6. The molecule has 3 aromatic rings. The normalized spacial score (nSPS) is 17.8. The lowest BCUT2D eigenvalue weighted by molar-refractivity contribution is 0.0669. The van der Waals surface area contributed by atoms with Crippen molar-refractivity contribution in [3.63, 3.8) is 0 Å². The van der Waals surface area contributed by atoms with Crippen LogP contribution >= 0.6 is 0 Å². The number of rotatable bonds is 4. The van der Waals surface area contributed by atoms with Gasteiger partial charge < -0.3 is 5.11 Å².